The maximum Gasteiger partial charge on any atom is 0.255 e. The molecule has 0 aromatic carbocycles. The van der Waals surface area contributed by atoms with Crippen LogP contribution in [0.15, 0.2) is 24.2 Å². The third-order valence-corrected chi connectivity index (χ3v) is 3.89. The Morgan fingerprint density at radius 2 is 2.38 bits per heavy atom. The van der Waals surface area contributed by atoms with Crippen LogP contribution < -0.4 is 10.5 Å². The van der Waals surface area contributed by atoms with Crippen LogP contribution in [0, 0.1) is 0 Å². The van der Waals surface area contributed by atoms with Gasteiger partial charge in [-0.25, -0.2) is 9.37 Å². The van der Waals surface area contributed by atoms with Crippen molar-refractivity contribution >= 4 is 5.91 Å². The fraction of sp³-hybridized carbons (Fsp3) is 0.467. The maximum atomic E-state index is 12.4. The smallest absolute Gasteiger partial charge is 0.255 e. The normalized spacial score (nSPS) is 18.7. The molecule has 1 aromatic heterocycles. The summed E-state index contributed by atoms with van der Waals surface area (Å²) in [6, 6.07) is 2.19. The fourth-order valence-corrected chi connectivity index (χ4v) is 2.49. The number of nitrogens with zero attached hydrogens (tertiary/aromatic N) is 2. The lowest BCUT2D eigenvalue weighted by Gasteiger charge is -2.28. The quantitative estimate of drug-likeness (QED) is 0.891. The van der Waals surface area contributed by atoms with Crippen LogP contribution in [0.25, 0.3) is 0 Å². The summed E-state index contributed by atoms with van der Waals surface area (Å²) < 4.78 is 17.8. The lowest BCUT2D eigenvalue weighted by Crippen LogP contribution is -2.39. The number of nitrogens with two attached hydrogens (primary N) is 1. The molecule has 0 spiro atoms. The molecule has 1 saturated carbocycles. The zero-order valence-electron chi connectivity index (χ0n) is 11.7. The highest BCUT2D eigenvalue weighted by molar-refractivity contribution is 5.96. The van der Waals surface area contributed by atoms with Crippen LogP contribution in [0.2, 0.25) is 0 Å². The molecule has 0 radical (unpaired) electrons. The second kappa shape index (κ2) is 5.81. The van der Waals surface area contributed by atoms with Gasteiger partial charge in [-0.3, -0.25) is 4.79 Å². The third kappa shape index (κ3) is 2.90. The van der Waals surface area contributed by atoms with Crippen molar-refractivity contribution in [2.45, 2.75) is 25.3 Å². The first-order valence-corrected chi connectivity index (χ1v) is 7.14. The molecule has 6 heteroatoms. The molecule has 2 aliphatic rings. The maximum absolute atomic E-state index is 12.4. The predicted octanol–water partition coefficient (Wildman–Crippen LogP) is 1.43. The van der Waals surface area contributed by atoms with Crippen LogP contribution in [0.1, 0.15) is 28.8 Å². The second-order valence-corrected chi connectivity index (χ2v) is 5.42. The number of carbonyl (C=O) groups is 1. The van der Waals surface area contributed by atoms with Gasteiger partial charge in [0.1, 0.15) is 6.61 Å². The van der Waals surface area contributed by atoms with Gasteiger partial charge in [-0.05, 0) is 24.8 Å². The number of halogens is 1. The Morgan fingerprint density at radius 1 is 1.57 bits per heavy atom. The Kier molecular flexibility index (Phi) is 3.88. The molecule has 1 fully saturated rings. The first-order valence-electron chi connectivity index (χ1n) is 7.14. The summed E-state index contributed by atoms with van der Waals surface area (Å²) in [5, 5.41) is 0. The summed E-state index contributed by atoms with van der Waals surface area (Å²) in [4.78, 5) is 18.4. The van der Waals surface area contributed by atoms with E-state index in [2.05, 4.69) is 4.98 Å². The number of amides is 1. The first kappa shape index (κ1) is 14.0. The highest BCUT2D eigenvalue weighted by atomic mass is 19.1. The fourth-order valence-electron chi connectivity index (χ4n) is 2.49. The molecule has 0 atom stereocenters. The Labute approximate surface area is 122 Å². The number of ether oxygens (including phenoxy) is 1. The minimum absolute atomic E-state index is 0.0594. The molecule has 1 amide bonds. The molecule has 0 saturated heterocycles. The molecule has 5 nitrogen and oxygen atoms in total. The molecular weight excluding hydrogens is 273 g/mol. The van der Waals surface area contributed by atoms with Crippen LogP contribution in [-0.4, -0.2) is 41.5 Å². The van der Waals surface area contributed by atoms with Gasteiger partial charge in [0.25, 0.3) is 5.91 Å². The molecule has 1 aromatic rings. The highest BCUT2D eigenvalue weighted by Gasteiger charge is 2.36. The van der Waals surface area contributed by atoms with Gasteiger partial charge >= 0.3 is 0 Å². The Balaban J connectivity index is 1.72. The van der Waals surface area contributed by atoms with Gasteiger partial charge in [0, 0.05) is 37.0 Å². The molecule has 1 aliphatic carbocycles. The van der Waals surface area contributed by atoms with Gasteiger partial charge < -0.3 is 15.4 Å². The van der Waals surface area contributed by atoms with Crippen molar-refractivity contribution < 1.29 is 13.9 Å². The average Bonchev–Trinajstić information content (AvgIpc) is 3.33. The minimum atomic E-state index is 0.0594. The summed E-state index contributed by atoms with van der Waals surface area (Å²) in [5.41, 5.74) is 7.33. The number of hydrogen-bond donors (Lipinski definition) is 1. The third-order valence-electron chi connectivity index (χ3n) is 3.89. The van der Waals surface area contributed by atoms with E-state index in [9.17, 15) is 9.18 Å². The van der Waals surface area contributed by atoms with Crippen molar-refractivity contribution in [3.8, 4) is 5.88 Å². The minimum Gasteiger partial charge on any atom is -0.473 e. The monoisotopic (exact) mass is 291 g/mol. The van der Waals surface area contributed by atoms with Gasteiger partial charge in [0.05, 0.1) is 11.9 Å². The van der Waals surface area contributed by atoms with Crippen molar-refractivity contribution in [1.82, 2.24) is 9.88 Å². The Morgan fingerprint density at radius 3 is 3.05 bits per heavy atom. The molecule has 3 rings (SSSR count). The van der Waals surface area contributed by atoms with E-state index in [0.717, 1.165) is 31.4 Å². The van der Waals surface area contributed by atoms with Crippen LogP contribution in [-0.2, 0) is 6.42 Å². The number of aromatic nitrogens is 1. The summed E-state index contributed by atoms with van der Waals surface area (Å²) in [6.45, 7) is 0.926. The number of fused-ring (bicyclic) bond motifs is 1. The van der Waals surface area contributed by atoms with Crippen LogP contribution in [0.5, 0.6) is 5.88 Å². The van der Waals surface area contributed by atoms with Gasteiger partial charge in [0.15, 0.2) is 0 Å². The predicted molar refractivity (Wildman–Crippen MR) is 75.7 cm³/mol. The molecule has 2 heterocycles. The van der Waals surface area contributed by atoms with Gasteiger partial charge in [-0.15, -0.1) is 0 Å². The molecule has 21 heavy (non-hydrogen) atoms. The van der Waals surface area contributed by atoms with Crippen molar-refractivity contribution in [1.29, 1.82) is 0 Å². The lowest BCUT2D eigenvalue weighted by atomic mass is 10.0. The van der Waals surface area contributed by atoms with Crippen molar-refractivity contribution in [2.24, 2.45) is 5.73 Å². The number of pyridine rings is 1. The largest absolute Gasteiger partial charge is 0.473 e. The van der Waals surface area contributed by atoms with E-state index in [1.165, 1.54) is 0 Å². The van der Waals surface area contributed by atoms with Crippen molar-refractivity contribution in [3.63, 3.8) is 0 Å². The molecule has 0 unspecified atom stereocenters. The van der Waals surface area contributed by atoms with Crippen molar-refractivity contribution in [2.75, 3.05) is 19.7 Å². The molecule has 1 aliphatic heterocycles. The van der Waals surface area contributed by atoms with Crippen LogP contribution >= 0.6 is 0 Å². The highest BCUT2D eigenvalue weighted by Crippen LogP contribution is 2.32. The summed E-state index contributed by atoms with van der Waals surface area (Å²) >= 11 is 0. The molecule has 0 bridgehead atoms. The standard InChI is InChI=1S/C15H18FN3O2/c16-6-10(7-17)9-21-14-5-11-3-4-19(12-1-2-12)15(20)13(11)8-18-14/h5-6,8,12H,1-4,7,9,17H2/b10-6+. The van der Waals surface area contributed by atoms with Crippen LogP contribution in [0.3, 0.4) is 0 Å². The van der Waals surface area contributed by atoms with Crippen LogP contribution in [0.4, 0.5) is 4.39 Å². The molecule has 2 N–H and O–H groups in total. The van der Waals surface area contributed by atoms with E-state index in [-0.39, 0.29) is 19.1 Å². The van der Waals surface area contributed by atoms with E-state index in [0.29, 0.717) is 29.4 Å². The van der Waals surface area contributed by atoms with Gasteiger partial charge in [-0.1, -0.05) is 0 Å². The second-order valence-electron chi connectivity index (χ2n) is 5.42. The topological polar surface area (TPSA) is 68.5 Å². The number of carbonyl (C=O) groups excluding carboxylic acids is 1. The summed E-state index contributed by atoms with van der Waals surface area (Å²) in [6.07, 6.45) is 5.03. The first-order chi connectivity index (χ1) is 10.2. The lowest BCUT2D eigenvalue weighted by molar-refractivity contribution is 0.0726. The SMILES string of the molecule is NC/C(=C\F)COc1cc2c(cn1)C(=O)N(C1CC1)CC2. The molecule has 112 valence electrons. The number of hydrogen-bond acceptors (Lipinski definition) is 4. The van der Waals surface area contributed by atoms with Gasteiger partial charge in [-0.2, -0.15) is 0 Å². The van der Waals surface area contributed by atoms with E-state index in [1.54, 1.807) is 12.3 Å². The van der Waals surface area contributed by atoms with E-state index in [4.69, 9.17) is 10.5 Å². The molecular formula is C15H18FN3O2. The Hall–Kier alpha value is -1.95. The van der Waals surface area contributed by atoms with E-state index < -0.39 is 0 Å². The summed E-state index contributed by atoms with van der Waals surface area (Å²) in [7, 11) is 0. The van der Waals surface area contributed by atoms with E-state index >= 15 is 0 Å². The van der Waals surface area contributed by atoms with Crippen molar-refractivity contribution in [3.05, 3.63) is 35.3 Å². The number of rotatable bonds is 5. The average molecular weight is 291 g/mol. The summed E-state index contributed by atoms with van der Waals surface area (Å²) in [5.74, 6) is 0.457. The zero-order chi connectivity index (χ0) is 14.8. The Bertz CT molecular complexity index is 584. The zero-order valence-corrected chi connectivity index (χ0v) is 11.7. The van der Waals surface area contributed by atoms with Gasteiger partial charge in [0.2, 0.25) is 5.88 Å². The van der Waals surface area contributed by atoms with E-state index in [1.807, 2.05) is 4.90 Å².